The number of benzene rings is 2. The molecule has 0 spiro atoms. The maximum Gasteiger partial charge on any atom is 0.245 e. The van der Waals surface area contributed by atoms with Crippen LogP contribution in [-0.2, 0) is 26.2 Å². The van der Waals surface area contributed by atoms with E-state index in [9.17, 15) is 0 Å². The van der Waals surface area contributed by atoms with Crippen LogP contribution in [0.5, 0.6) is 0 Å². The van der Waals surface area contributed by atoms with E-state index in [2.05, 4.69) is 127 Å². The van der Waals surface area contributed by atoms with Gasteiger partial charge in [0.15, 0.2) is 22.1 Å². The van der Waals surface area contributed by atoms with Crippen LogP contribution in [0.4, 0.5) is 0 Å². The fourth-order valence-corrected chi connectivity index (χ4v) is 5.95. The first-order valence-corrected chi connectivity index (χ1v) is 13.3. The SMILES string of the molecule is C(=C\Cn1c[n+](Cc2cccs2)c2ccccc21)/Cn1c[n+](Cc2cccs2)c2ccccc21. The number of thiophene rings is 2. The van der Waals surface area contributed by atoms with Crippen LogP contribution in [0.1, 0.15) is 9.75 Å². The number of imidazole rings is 2. The van der Waals surface area contributed by atoms with E-state index in [4.69, 9.17) is 0 Å². The van der Waals surface area contributed by atoms with Gasteiger partial charge in [-0.25, -0.2) is 18.3 Å². The van der Waals surface area contributed by atoms with Gasteiger partial charge in [-0.05, 0) is 59.3 Å². The number of fused-ring (bicyclic) bond motifs is 2. The molecule has 0 N–H and O–H groups in total. The summed E-state index contributed by atoms with van der Waals surface area (Å²) in [6.07, 6.45) is 9.05. The summed E-state index contributed by atoms with van der Waals surface area (Å²) in [5, 5.41) is 4.29. The van der Waals surface area contributed by atoms with Crippen LogP contribution in [0.25, 0.3) is 22.1 Å². The third-order valence-corrected chi connectivity index (χ3v) is 7.86. The number of nitrogens with zero attached hydrogens (tertiary/aromatic N) is 4. The molecule has 6 heteroatoms. The Morgan fingerprint density at radius 1 is 0.588 bits per heavy atom. The highest BCUT2D eigenvalue weighted by atomic mass is 32.1. The Morgan fingerprint density at radius 3 is 1.50 bits per heavy atom. The van der Waals surface area contributed by atoms with Crippen molar-refractivity contribution < 1.29 is 9.13 Å². The lowest BCUT2D eigenvalue weighted by Crippen LogP contribution is -2.32. The molecule has 4 heterocycles. The Morgan fingerprint density at radius 2 is 1.06 bits per heavy atom. The van der Waals surface area contributed by atoms with Crippen molar-refractivity contribution in [1.29, 1.82) is 0 Å². The van der Waals surface area contributed by atoms with Crippen molar-refractivity contribution in [1.82, 2.24) is 9.13 Å². The van der Waals surface area contributed by atoms with Gasteiger partial charge in [-0.2, -0.15) is 0 Å². The predicted octanol–water partition coefficient (Wildman–Crippen LogP) is 5.65. The predicted molar refractivity (Wildman–Crippen MR) is 140 cm³/mol. The number of hydrogen-bond acceptors (Lipinski definition) is 2. The van der Waals surface area contributed by atoms with Gasteiger partial charge >= 0.3 is 0 Å². The summed E-state index contributed by atoms with van der Waals surface area (Å²) < 4.78 is 9.37. The number of para-hydroxylation sites is 4. The summed E-state index contributed by atoms with van der Waals surface area (Å²) in [5.74, 6) is 0. The van der Waals surface area contributed by atoms with E-state index in [1.807, 2.05) is 22.7 Å². The molecule has 0 radical (unpaired) electrons. The van der Waals surface area contributed by atoms with Crippen molar-refractivity contribution in [2.75, 3.05) is 0 Å². The number of hydrogen-bond donors (Lipinski definition) is 0. The van der Waals surface area contributed by atoms with Crippen molar-refractivity contribution in [3.63, 3.8) is 0 Å². The van der Waals surface area contributed by atoms with Crippen LogP contribution >= 0.6 is 22.7 Å². The normalized spacial score (nSPS) is 11.9. The first kappa shape index (κ1) is 21.1. The van der Waals surface area contributed by atoms with Crippen molar-refractivity contribution >= 4 is 44.7 Å². The molecule has 0 unspecified atom stereocenters. The molecule has 168 valence electrons. The lowest BCUT2D eigenvalue weighted by molar-refractivity contribution is -0.662. The highest BCUT2D eigenvalue weighted by Gasteiger charge is 2.16. The summed E-state index contributed by atoms with van der Waals surface area (Å²) in [4.78, 5) is 2.75. The first-order valence-electron chi connectivity index (χ1n) is 11.5. The van der Waals surface area contributed by atoms with Crippen LogP contribution in [0.2, 0.25) is 0 Å². The molecule has 0 aliphatic rings. The number of aromatic nitrogens is 4. The van der Waals surface area contributed by atoms with E-state index >= 15 is 0 Å². The minimum atomic E-state index is 0.854. The lowest BCUT2D eigenvalue weighted by Gasteiger charge is -1.94. The third-order valence-electron chi connectivity index (χ3n) is 6.14. The van der Waals surface area contributed by atoms with Gasteiger partial charge in [0.2, 0.25) is 12.7 Å². The summed E-state index contributed by atoms with van der Waals surface area (Å²) in [7, 11) is 0. The second kappa shape index (κ2) is 9.41. The average Bonchev–Trinajstić information content (AvgIpc) is 3.67. The summed E-state index contributed by atoms with van der Waals surface area (Å²) in [5.41, 5.74) is 5.08. The van der Waals surface area contributed by atoms with E-state index in [0.717, 1.165) is 26.2 Å². The Balaban J connectivity index is 1.22. The molecule has 6 aromatic rings. The van der Waals surface area contributed by atoms with Crippen LogP contribution in [0, 0.1) is 0 Å². The Hall–Kier alpha value is -3.48. The quantitative estimate of drug-likeness (QED) is 0.197. The van der Waals surface area contributed by atoms with Gasteiger partial charge in [-0.15, -0.1) is 22.7 Å². The molecular weight excluding hydrogens is 456 g/mol. The van der Waals surface area contributed by atoms with Crippen molar-refractivity contribution in [3.8, 4) is 0 Å². The molecule has 0 atom stereocenters. The molecule has 4 aromatic heterocycles. The standard InChI is InChI=1S/C28H26N4S2/c1-3-13-27-25(11-1)29(21-31(27)19-23-9-7-17-33-23)15-5-6-16-30-22-32(20-24-10-8-18-34-24)28-14-4-2-12-26(28)30/h1-14,17-18,21-22H,15-16,19-20H2/q+2/b6-5+. The maximum absolute atomic E-state index is 2.35. The Bertz CT molecular complexity index is 1430. The zero-order valence-electron chi connectivity index (χ0n) is 18.8. The lowest BCUT2D eigenvalue weighted by atomic mass is 10.3. The molecule has 0 aliphatic heterocycles. The Labute approximate surface area is 206 Å². The number of rotatable bonds is 8. The van der Waals surface area contributed by atoms with Crippen molar-refractivity contribution in [2.45, 2.75) is 26.2 Å². The average molecular weight is 483 g/mol. The fourth-order valence-electron chi connectivity index (χ4n) is 4.55. The highest BCUT2D eigenvalue weighted by molar-refractivity contribution is 7.10. The van der Waals surface area contributed by atoms with Gasteiger partial charge in [-0.1, -0.05) is 36.4 Å². The van der Waals surface area contributed by atoms with Crippen molar-refractivity contribution in [2.24, 2.45) is 0 Å². The summed E-state index contributed by atoms with van der Waals surface area (Å²) in [6.45, 7) is 3.53. The smallest absolute Gasteiger partial charge is 0.226 e. The largest absolute Gasteiger partial charge is 0.245 e. The molecule has 0 bridgehead atoms. The highest BCUT2D eigenvalue weighted by Crippen LogP contribution is 2.15. The number of allylic oxidation sites excluding steroid dienone is 2. The molecule has 0 fully saturated rings. The summed E-state index contributed by atoms with van der Waals surface area (Å²) >= 11 is 3.62. The van der Waals surface area contributed by atoms with E-state index < -0.39 is 0 Å². The molecule has 4 nitrogen and oxygen atoms in total. The van der Waals surface area contributed by atoms with Gasteiger partial charge in [-0.3, -0.25) is 0 Å². The molecule has 0 aliphatic carbocycles. The van der Waals surface area contributed by atoms with Gasteiger partial charge in [0.25, 0.3) is 0 Å². The van der Waals surface area contributed by atoms with Crippen LogP contribution < -0.4 is 9.13 Å². The molecule has 0 saturated heterocycles. The maximum atomic E-state index is 2.35. The second-order valence-corrected chi connectivity index (χ2v) is 10.5. The minimum Gasteiger partial charge on any atom is -0.226 e. The molecular formula is C28H26N4S2+2. The van der Waals surface area contributed by atoms with Gasteiger partial charge in [0.05, 0.1) is 0 Å². The van der Waals surface area contributed by atoms with Gasteiger partial charge in [0, 0.05) is 9.75 Å². The van der Waals surface area contributed by atoms with Crippen LogP contribution in [0.15, 0.2) is 108 Å². The van der Waals surface area contributed by atoms with Crippen LogP contribution in [-0.4, -0.2) is 9.13 Å². The zero-order chi connectivity index (χ0) is 22.7. The minimum absolute atomic E-state index is 0.854. The van der Waals surface area contributed by atoms with E-state index in [-0.39, 0.29) is 0 Å². The van der Waals surface area contributed by atoms with E-state index in [1.165, 1.54) is 31.8 Å². The summed E-state index contributed by atoms with van der Waals surface area (Å²) in [6, 6.07) is 26.0. The fraction of sp³-hybridized carbons (Fsp3) is 0.143. The van der Waals surface area contributed by atoms with Gasteiger partial charge < -0.3 is 0 Å². The molecule has 2 aromatic carbocycles. The molecule has 6 rings (SSSR count). The van der Waals surface area contributed by atoms with Crippen molar-refractivity contribution in [3.05, 3.63) is 118 Å². The van der Waals surface area contributed by atoms with E-state index in [0.29, 0.717) is 0 Å². The monoisotopic (exact) mass is 482 g/mol. The molecule has 0 amide bonds. The molecule has 0 saturated carbocycles. The van der Waals surface area contributed by atoms with Crippen LogP contribution in [0.3, 0.4) is 0 Å². The third kappa shape index (κ3) is 4.22. The topological polar surface area (TPSA) is 17.6 Å². The zero-order valence-corrected chi connectivity index (χ0v) is 20.5. The van der Waals surface area contributed by atoms with Gasteiger partial charge in [0.1, 0.15) is 26.2 Å². The second-order valence-electron chi connectivity index (χ2n) is 8.40. The molecule has 34 heavy (non-hydrogen) atoms. The Kier molecular flexibility index (Phi) is 5.83. The first-order chi connectivity index (χ1) is 16.8. The van der Waals surface area contributed by atoms with E-state index in [1.54, 1.807) is 0 Å².